The molecule has 1 amide bonds. The van der Waals surface area contributed by atoms with Crippen LogP contribution in [0.2, 0.25) is 0 Å². The van der Waals surface area contributed by atoms with Crippen molar-refractivity contribution in [1.29, 1.82) is 0 Å². The maximum atomic E-state index is 12.7. The van der Waals surface area contributed by atoms with Crippen LogP contribution in [-0.4, -0.2) is 28.3 Å². The van der Waals surface area contributed by atoms with Crippen LogP contribution >= 0.6 is 0 Å². The van der Waals surface area contributed by atoms with E-state index in [1.165, 1.54) is 19.1 Å². The standard InChI is InChI=1S/C23H22N2O4/c1-4-8-17-16(5-2)21(27)20(22(17)28)13(3)24-25-23(29)18-11-14-9-6-7-10-15(14)12-19(18)26/h5-7,9-12,20,26H,2,4,8H2,1,3H3,(H,25,29)/b24-13+. The minimum absolute atomic E-state index is 0.0564. The van der Waals surface area contributed by atoms with E-state index >= 15 is 0 Å². The molecule has 1 aliphatic rings. The average Bonchev–Trinajstić information content (AvgIpc) is 2.94. The number of fused-ring (bicyclic) bond motifs is 1. The highest BCUT2D eigenvalue weighted by atomic mass is 16.3. The first-order valence-corrected chi connectivity index (χ1v) is 9.39. The van der Waals surface area contributed by atoms with Crippen LogP contribution in [0.1, 0.15) is 37.0 Å². The monoisotopic (exact) mass is 390 g/mol. The normalized spacial score (nSPS) is 17.2. The summed E-state index contributed by atoms with van der Waals surface area (Å²) in [7, 11) is 0. The third-order valence-corrected chi connectivity index (χ3v) is 4.98. The van der Waals surface area contributed by atoms with Crippen molar-refractivity contribution in [2.75, 3.05) is 0 Å². The molecule has 0 bridgehead atoms. The summed E-state index contributed by atoms with van der Waals surface area (Å²) in [6, 6.07) is 10.4. The zero-order valence-corrected chi connectivity index (χ0v) is 16.4. The number of ketones is 2. The molecular weight excluding hydrogens is 368 g/mol. The van der Waals surface area contributed by atoms with Gasteiger partial charge in [0.15, 0.2) is 11.6 Å². The second-order valence-corrected chi connectivity index (χ2v) is 6.92. The number of phenols is 1. The molecule has 6 heteroatoms. The molecule has 0 spiro atoms. The van der Waals surface area contributed by atoms with Crippen molar-refractivity contribution in [3.05, 3.63) is 65.8 Å². The minimum Gasteiger partial charge on any atom is -0.507 e. The van der Waals surface area contributed by atoms with Crippen molar-refractivity contribution in [1.82, 2.24) is 5.43 Å². The summed E-state index contributed by atoms with van der Waals surface area (Å²) in [5.41, 5.74) is 3.38. The van der Waals surface area contributed by atoms with E-state index in [-0.39, 0.29) is 28.6 Å². The lowest BCUT2D eigenvalue weighted by atomic mass is 9.96. The number of allylic oxidation sites excluding steroid dienone is 3. The first kappa shape index (κ1) is 20.2. The second kappa shape index (κ2) is 8.22. The number of nitrogens with zero attached hydrogens (tertiary/aromatic N) is 1. The Labute approximate surface area is 168 Å². The molecule has 2 N–H and O–H groups in total. The predicted molar refractivity (Wildman–Crippen MR) is 112 cm³/mol. The maximum Gasteiger partial charge on any atom is 0.275 e. The Hall–Kier alpha value is -3.54. The number of carbonyl (C=O) groups is 3. The summed E-state index contributed by atoms with van der Waals surface area (Å²) in [4.78, 5) is 37.8. The van der Waals surface area contributed by atoms with Crippen LogP contribution in [0.4, 0.5) is 0 Å². The summed E-state index contributed by atoms with van der Waals surface area (Å²) >= 11 is 0. The first-order valence-electron chi connectivity index (χ1n) is 9.39. The SMILES string of the molecule is C=CC1=C(CCC)C(=O)C(/C(C)=N/NC(=O)c2cc3ccccc3cc2O)C1=O. The van der Waals surface area contributed by atoms with Crippen LogP contribution in [-0.2, 0) is 9.59 Å². The number of amides is 1. The van der Waals surface area contributed by atoms with E-state index < -0.39 is 11.8 Å². The Balaban J connectivity index is 1.82. The average molecular weight is 390 g/mol. The highest BCUT2D eigenvalue weighted by Gasteiger charge is 2.40. The molecule has 3 rings (SSSR count). The zero-order chi connectivity index (χ0) is 21.1. The molecule has 6 nitrogen and oxygen atoms in total. The van der Waals surface area contributed by atoms with Gasteiger partial charge >= 0.3 is 0 Å². The molecule has 2 aromatic rings. The first-order chi connectivity index (χ1) is 13.9. The van der Waals surface area contributed by atoms with Gasteiger partial charge in [-0.2, -0.15) is 5.10 Å². The van der Waals surface area contributed by atoms with Gasteiger partial charge in [-0.1, -0.05) is 50.3 Å². The molecule has 1 aliphatic carbocycles. The number of Topliss-reactive ketones (excluding diaryl/α,β-unsaturated/α-hetero) is 2. The fraction of sp³-hybridized carbons (Fsp3) is 0.217. The van der Waals surface area contributed by atoms with Crippen LogP contribution in [0.5, 0.6) is 5.75 Å². The molecular formula is C23H22N2O4. The second-order valence-electron chi connectivity index (χ2n) is 6.92. The lowest BCUT2D eigenvalue weighted by Crippen LogP contribution is -2.29. The van der Waals surface area contributed by atoms with Gasteiger partial charge in [0.25, 0.3) is 5.91 Å². The van der Waals surface area contributed by atoms with E-state index in [4.69, 9.17) is 0 Å². The third kappa shape index (κ3) is 3.74. The van der Waals surface area contributed by atoms with Crippen molar-refractivity contribution in [2.24, 2.45) is 11.0 Å². The zero-order valence-electron chi connectivity index (χ0n) is 16.4. The fourth-order valence-corrected chi connectivity index (χ4v) is 3.52. The van der Waals surface area contributed by atoms with E-state index in [1.807, 2.05) is 31.2 Å². The van der Waals surface area contributed by atoms with Crippen LogP contribution in [0.3, 0.4) is 0 Å². The Morgan fingerprint density at radius 1 is 1.21 bits per heavy atom. The molecule has 0 fully saturated rings. The van der Waals surface area contributed by atoms with Gasteiger partial charge in [0, 0.05) is 11.1 Å². The fourth-order valence-electron chi connectivity index (χ4n) is 3.52. The Morgan fingerprint density at radius 3 is 2.48 bits per heavy atom. The van der Waals surface area contributed by atoms with Crippen molar-refractivity contribution in [3.63, 3.8) is 0 Å². The minimum atomic E-state index is -1.05. The van der Waals surface area contributed by atoms with Gasteiger partial charge in [0.1, 0.15) is 11.7 Å². The topological polar surface area (TPSA) is 95.8 Å². The summed E-state index contributed by atoms with van der Waals surface area (Å²) < 4.78 is 0. The lowest BCUT2D eigenvalue weighted by molar-refractivity contribution is -0.123. The number of carbonyl (C=O) groups excluding carboxylic acids is 3. The molecule has 0 aromatic heterocycles. The number of rotatable bonds is 6. The Kier molecular flexibility index (Phi) is 5.73. The summed E-state index contributed by atoms with van der Waals surface area (Å²) in [5, 5.41) is 15.7. The summed E-state index contributed by atoms with van der Waals surface area (Å²) in [6.45, 7) is 7.08. The van der Waals surface area contributed by atoms with Gasteiger partial charge in [0.2, 0.25) is 0 Å². The molecule has 1 unspecified atom stereocenters. The number of hydrogen-bond donors (Lipinski definition) is 2. The molecule has 0 heterocycles. The highest BCUT2D eigenvalue weighted by Crippen LogP contribution is 2.30. The van der Waals surface area contributed by atoms with Crippen molar-refractivity contribution >= 4 is 34.0 Å². The molecule has 148 valence electrons. The van der Waals surface area contributed by atoms with Crippen molar-refractivity contribution in [2.45, 2.75) is 26.7 Å². The van der Waals surface area contributed by atoms with Crippen molar-refractivity contribution in [3.8, 4) is 5.75 Å². The number of nitrogens with one attached hydrogen (secondary N) is 1. The van der Waals surface area contributed by atoms with Gasteiger partial charge in [-0.05, 0) is 36.2 Å². The number of aromatic hydroxyl groups is 1. The molecule has 0 radical (unpaired) electrons. The highest BCUT2D eigenvalue weighted by molar-refractivity contribution is 6.35. The quantitative estimate of drug-likeness (QED) is 0.447. The molecule has 2 aromatic carbocycles. The molecule has 29 heavy (non-hydrogen) atoms. The molecule has 1 atom stereocenters. The van der Waals surface area contributed by atoms with Crippen LogP contribution in [0.25, 0.3) is 10.8 Å². The third-order valence-electron chi connectivity index (χ3n) is 4.98. The van der Waals surface area contributed by atoms with E-state index in [2.05, 4.69) is 17.1 Å². The van der Waals surface area contributed by atoms with Gasteiger partial charge in [-0.15, -0.1) is 0 Å². The lowest BCUT2D eigenvalue weighted by Gasteiger charge is -2.09. The number of benzene rings is 2. The smallest absolute Gasteiger partial charge is 0.275 e. The van der Waals surface area contributed by atoms with Crippen LogP contribution in [0.15, 0.2) is 65.3 Å². The van der Waals surface area contributed by atoms with E-state index in [9.17, 15) is 19.5 Å². The number of hydrogen-bond acceptors (Lipinski definition) is 5. The Bertz CT molecular complexity index is 1100. The Morgan fingerprint density at radius 2 is 1.86 bits per heavy atom. The summed E-state index contributed by atoms with van der Waals surface area (Å²) in [6.07, 6.45) is 2.63. The summed E-state index contributed by atoms with van der Waals surface area (Å²) in [5.74, 6) is -2.50. The molecule has 0 saturated carbocycles. The molecule has 0 aliphatic heterocycles. The van der Waals surface area contributed by atoms with E-state index in [0.717, 1.165) is 17.2 Å². The van der Waals surface area contributed by atoms with Gasteiger partial charge in [-0.25, -0.2) is 5.43 Å². The van der Waals surface area contributed by atoms with E-state index in [1.54, 1.807) is 6.07 Å². The van der Waals surface area contributed by atoms with Crippen LogP contribution < -0.4 is 5.43 Å². The number of phenolic OH excluding ortho intramolecular Hbond substituents is 1. The van der Waals surface area contributed by atoms with Gasteiger partial charge in [-0.3, -0.25) is 14.4 Å². The number of hydrazone groups is 1. The predicted octanol–water partition coefficient (Wildman–Crippen LogP) is 3.70. The molecule has 0 saturated heterocycles. The van der Waals surface area contributed by atoms with E-state index in [0.29, 0.717) is 17.6 Å². The van der Waals surface area contributed by atoms with Gasteiger partial charge in [0.05, 0.1) is 11.3 Å². The largest absolute Gasteiger partial charge is 0.507 e. The van der Waals surface area contributed by atoms with Crippen molar-refractivity contribution < 1.29 is 19.5 Å². The maximum absolute atomic E-state index is 12.7. The van der Waals surface area contributed by atoms with Gasteiger partial charge < -0.3 is 5.11 Å². The van der Waals surface area contributed by atoms with Crippen LogP contribution in [0, 0.1) is 5.92 Å².